The van der Waals surface area contributed by atoms with E-state index in [-0.39, 0.29) is 18.6 Å². The van der Waals surface area contributed by atoms with Crippen molar-refractivity contribution in [2.24, 2.45) is 0 Å². The third-order valence-electron chi connectivity index (χ3n) is 4.09. The molecular weight excluding hydrogens is 278 g/mol. The zero-order valence-corrected chi connectivity index (χ0v) is 12.0. The topological polar surface area (TPSA) is 49.8 Å². The minimum Gasteiger partial charge on any atom is -0.480 e. The zero-order chi connectivity index (χ0) is 14.1. The molecule has 0 aromatic heterocycles. The molecule has 0 bridgehead atoms. The zero-order valence-electron chi connectivity index (χ0n) is 11.2. The summed E-state index contributed by atoms with van der Waals surface area (Å²) in [4.78, 5) is 14.4. The van der Waals surface area contributed by atoms with Gasteiger partial charge in [0.05, 0.1) is 12.6 Å². The first-order chi connectivity index (χ1) is 9.69. The van der Waals surface area contributed by atoms with Crippen LogP contribution >= 0.6 is 11.6 Å². The fourth-order valence-corrected chi connectivity index (χ4v) is 3.22. The van der Waals surface area contributed by atoms with Gasteiger partial charge in [-0.25, -0.2) is 0 Å². The number of rotatable bonds is 2. The number of benzene rings is 1. The molecule has 4 nitrogen and oxygen atoms in total. The summed E-state index contributed by atoms with van der Waals surface area (Å²) in [5, 5.41) is 10.1. The molecule has 1 aromatic rings. The van der Waals surface area contributed by atoms with E-state index in [1.54, 1.807) is 11.0 Å². The Bertz CT molecular complexity index is 520. The fourth-order valence-electron chi connectivity index (χ4n) is 3.02. The van der Waals surface area contributed by atoms with E-state index in [1.165, 1.54) is 0 Å². The summed E-state index contributed by atoms with van der Waals surface area (Å²) in [6.07, 6.45) is 3.01. The quantitative estimate of drug-likeness (QED) is 0.908. The molecule has 3 rings (SSSR count). The van der Waals surface area contributed by atoms with E-state index in [4.69, 9.17) is 16.3 Å². The Labute approximate surface area is 123 Å². The SMILES string of the molecule is O=C(C1Cc2cc(Cl)ccc2O1)N1CCCCC1CO. The van der Waals surface area contributed by atoms with Gasteiger partial charge < -0.3 is 14.7 Å². The summed E-state index contributed by atoms with van der Waals surface area (Å²) < 4.78 is 5.74. The lowest BCUT2D eigenvalue weighted by atomic mass is 10.0. The van der Waals surface area contributed by atoms with E-state index in [2.05, 4.69) is 0 Å². The predicted octanol–water partition coefficient (Wildman–Crippen LogP) is 2.02. The van der Waals surface area contributed by atoms with Crippen LogP contribution in [0.3, 0.4) is 0 Å². The molecule has 1 aromatic carbocycles. The van der Waals surface area contributed by atoms with Crippen LogP contribution in [0, 0.1) is 0 Å². The molecule has 1 saturated heterocycles. The molecule has 0 spiro atoms. The van der Waals surface area contributed by atoms with Gasteiger partial charge in [0.15, 0.2) is 6.10 Å². The minimum absolute atomic E-state index is 0.0175. The Morgan fingerprint density at radius 3 is 3.10 bits per heavy atom. The summed E-state index contributed by atoms with van der Waals surface area (Å²) >= 11 is 5.96. The van der Waals surface area contributed by atoms with Gasteiger partial charge in [0, 0.05) is 18.0 Å². The van der Waals surface area contributed by atoms with E-state index in [1.807, 2.05) is 12.1 Å². The number of likely N-dealkylation sites (tertiary alicyclic amines) is 1. The summed E-state index contributed by atoms with van der Waals surface area (Å²) in [5.74, 6) is 0.724. The van der Waals surface area contributed by atoms with E-state index < -0.39 is 6.10 Å². The number of halogens is 1. The maximum absolute atomic E-state index is 12.6. The van der Waals surface area contributed by atoms with Crippen LogP contribution in [0.2, 0.25) is 5.02 Å². The van der Waals surface area contributed by atoms with E-state index in [9.17, 15) is 9.90 Å². The number of carbonyl (C=O) groups excluding carboxylic acids is 1. The molecule has 2 atom stereocenters. The van der Waals surface area contributed by atoms with Crippen LogP contribution in [-0.4, -0.2) is 41.2 Å². The molecule has 5 heteroatoms. The number of aliphatic hydroxyl groups is 1. The van der Waals surface area contributed by atoms with Crippen molar-refractivity contribution in [3.8, 4) is 5.75 Å². The Kier molecular flexibility index (Phi) is 3.85. The lowest BCUT2D eigenvalue weighted by Crippen LogP contribution is -2.50. The largest absolute Gasteiger partial charge is 0.480 e. The van der Waals surface area contributed by atoms with E-state index >= 15 is 0 Å². The third-order valence-corrected chi connectivity index (χ3v) is 4.33. The Hall–Kier alpha value is -1.26. The van der Waals surface area contributed by atoms with Gasteiger partial charge in [-0.1, -0.05) is 11.6 Å². The summed E-state index contributed by atoms with van der Waals surface area (Å²) in [5.41, 5.74) is 0.980. The van der Waals surface area contributed by atoms with Crippen molar-refractivity contribution in [2.45, 2.75) is 37.8 Å². The van der Waals surface area contributed by atoms with E-state index in [0.29, 0.717) is 18.0 Å². The second kappa shape index (κ2) is 5.62. The lowest BCUT2D eigenvalue weighted by molar-refractivity contribution is -0.142. The minimum atomic E-state index is -0.476. The number of aliphatic hydroxyl groups excluding tert-OH is 1. The number of ether oxygens (including phenoxy) is 1. The van der Waals surface area contributed by atoms with Gasteiger partial charge in [0.1, 0.15) is 5.75 Å². The highest BCUT2D eigenvalue weighted by atomic mass is 35.5. The van der Waals surface area contributed by atoms with Crippen molar-refractivity contribution < 1.29 is 14.6 Å². The number of carbonyl (C=O) groups is 1. The van der Waals surface area contributed by atoms with Crippen molar-refractivity contribution in [3.05, 3.63) is 28.8 Å². The first kappa shape index (κ1) is 13.7. The van der Waals surface area contributed by atoms with Crippen molar-refractivity contribution in [2.75, 3.05) is 13.2 Å². The average Bonchev–Trinajstić information content (AvgIpc) is 2.89. The number of hydrogen-bond acceptors (Lipinski definition) is 3. The van der Waals surface area contributed by atoms with Crippen molar-refractivity contribution in [3.63, 3.8) is 0 Å². The molecule has 0 aliphatic carbocycles. The summed E-state index contributed by atoms with van der Waals surface area (Å²) in [6, 6.07) is 5.37. The van der Waals surface area contributed by atoms with Gasteiger partial charge in [0.25, 0.3) is 5.91 Å². The van der Waals surface area contributed by atoms with Gasteiger partial charge in [-0.05, 0) is 43.0 Å². The van der Waals surface area contributed by atoms with Crippen molar-refractivity contribution in [1.82, 2.24) is 4.90 Å². The maximum atomic E-state index is 12.6. The second-order valence-electron chi connectivity index (χ2n) is 5.43. The van der Waals surface area contributed by atoms with Crippen LogP contribution in [-0.2, 0) is 11.2 Å². The molecule has 2 aliphatic heterocycles. The number of fused-ring (bicyclic) bond motifs is 1. The number of piperidine rings is 1. The van der Waals surface area contributed by atoms with Gasteiger partial charge >= 0.3 is 0 Å². The highest BCUT2D eigenvalue weighted by molar-refractivity contribution is 6.30. The third kappa shape index (κ3) is 2.50. The molecule has 2 heterocycles. The standard InChI is InChI=1S/C15H18ClNO3/c16-11-4-5-13-10(7-11)8-14(20-13)15(19)17-6-2-1-3-12(17)9-18/h4-5,7,12,14,18H,1-3,6,8-9H2. The van der Waals surface area contributed by atoms with Gasteiger partial charge in [-0.15, -0.1) is 0 Å². The molecular formula is C15H18ClNO3. The normalized spacial score (nSPS) is 25.2. The number of amides is 1. The highest BCUT2D eigenvalue weighted by Crippen LogP contribution is 2.32. The molecule has 0 radical (unpaired) electrons. The van der Waals surface area contributed by atoms with Crippen LogP contribution < -0.4 is 4.74 Å². The van der Waals surface area contributed by atoms with Crippen LogP contribution in [0.4, 0.5) is 0 Å². The second-order valence-corrected chi connectivity index (χ2v) is 5.86. The Morgan fingerprint density at radius 2 is 2.30 bits per heavy atom. The van der Waals surface area contributed by atoms with Gasteiger partial charge in [0.2, 0.25) is 0 Å². The molecule has 2 unspecified atom stereocenters. The molecule has 20 heavy (non-hydrogen) atoms. The first-order valence-electron chi connectivity index (χ1n) is 7.05. The lowest BCUT2D eigenvalue weighted by Gasteiger charge is -2.35. The summed E-state index contributed by atoms with van der Waals surface area (Å²) in [7, 11) is 0. The molecule has 1 fully saturated rings. The first-order valence-corrected chi connectivity index (χ1v) is 7.43. The molecule has 2 aliphatic rings. The smallest absolute Gasteiger partial charge is 0.264 e. The number of hydrogen-bond donors (Lipinski definition) is 1. The molecule has 108 valence electrons. The van der Waals surface area contributed by atoms with Crippen LogP contribution in [0.1, 0.15) is 24.8 Å². The van der Waals surface area contributed by atoms with Crippen molar-refractivity contribution >= 4 is 17.5 Å². The predicted molar refractivity (Wildman–Crippen MR) is 76.0 cm³/mol. The van der Waals surface area contributed by atoms with Crippen LogP contribution in [0.5, 0.6) is 5.75 Å². The van der Waals surface area contributed by atoms with E-state index in [0.717, 1.165) is 30.6 Å². The maximum Gasteiger partial charge on any atom is 0.264 e. The average molecular weight is 296 g/mol. The fraction of sp³-hybridized carbons (Fsp3) is 0.533. The Balaban J connectivity index is 1.73. The summed E-state index contributed by atoms with van der Waals surface area (Å²) in [6.45, 7) is 0.734. The highest BCUT2D eigenvalue weighted by Gasteiger charge is 2.36. The van der Waals surface area contributed by atoms with Crippen LogP contribution in [0.15, 0.2) is 18.2 Å². The molecule has 1 N–H and O–H groups in total. The van der Waals surface area contributed by atoms with Gasteiger partial charge in [-0.3, -0.25) is 4.79 Å². The van der Waals surface area contributed by atoms with Crippen molar-refractivity contribution in [1.29, 1.82) is 0 Å². The number of nitrogens with zero attached hydrogens (tertiary/aromatic N) is 1. The van der Waals surface area contributed by atoms with Crippen LogP contribution in [0.25, 0.3) is 0 Å². The molecule has 0 saturated carbocycles. The monoisotopic (exact) mass is 295 g/mol. The van der Waals surface area contributed by atoms with Gasteiger partial charge in [-0.2, -0.15) is 0 Å². The Morgan fingerprint density at radius 1 is 1.45 bits per heavy atom. The molecule has 1 amide bonds.